The summed E-state index contributed by atoms with van der Waals surface area (Å²) in [5.41, 5.74) is 3.82. The van der Waals surface area contributed by atoms with Crippen LogP contribution in [0.1, 0.15) is 16.7 Å². The number of hydrogen-bond acceptors (Lipinski definition) is 6. The number of carbonyl (C=O) groups excluding carboxylic acids is 1. The molecule has 0 aliphatic heterocycles. The van der Waals surface area contributed by atoms with Crippen molar-refractivity contribution in [3.63, 3.8) is 0 Å². The number of thioether (sulfide) groups is 1. The van der Waals surface area contributed by atoms with Crippen molar-refractivity contribution >= 4 is 39.8 Å². The van der Waals surface area contributed by atoms with Crippen molar-refractivity contribution in [3.8, 4) is 0 Å². The molecule has 0 saturated carbocycles. The molecule has 2 aromatic carbocycles. The van der Waals surface area contributed by atoms with Crippen LogP contribution in [0.15, 0.2) is 46.8 Å². The average Bonchev–Trinajstić information content (AvgIpc) is 3.10. The third-order valence-corrected chi connectivity index (χ3v) is 5.99. The standard InChI is InChI=1S/C19H19FN4OS2/c1-12-6-5-9-16(13(12)2)22-18-23-24-19(27-18)26-11-17(25)21-10-14-7-3-4-8-15(14)20/h3-9H,10-11H2,1-2H3,(H,21,25)(H,22,23). The van der Waals surface area contributed by atoms with Crippen LogP contribution in [-0.2, 0) is 11.3 Å². The molecule has 140 valence electrons. The zero-order valence-electron chi connectivity index (χ0n) is 15.0. The Morgan fingerprint density at radius 2 is 1.96 bits per heavy atom. The number of carbonyl (C=O) groups is 1. The van der Waals surface area contributed by atoms with E-state index in [4.69, 9.17) is 0 Å². The molecule has 3 rings (SSSR count). The van der Waals surface area contributed by atoms with E-state index < -0.39 is 0 Å². The molecular weight excluding hydrogens is 383 g/mol. The first-order valence-corrected chi connectivity index (χ1v) is 10.1. The number of anilines is 2. The Bertz CT molecular complexity index is 945. The first-order chi connectivity index (χ1) is 13.0. The maximum Gasteiger partial charge on any atom is 0.230 e. The van der Waals surface area contributed by atoms with Crippen molar-refractivity contribution in [3.05, 3.63) is 65.0 Å². The van der Waals surface area contributed by atoms with E-state index in [0.717, 1.165) is 11.3 Å². The topological polar surface area (TPSA) is 66.9 Å². The lowest BCUT2D eigenvalue weighted by atomic mass is 10.1. The first-order valence-electron chi connectivity index (χ1n) is 8.32. The molecule has 0 saturated heterocycles. The van der Waals surface area contributed by atoms with Gasteiger partial charge in [-0.3, -0.25) is 4.79 Å². The maximum atomic E-state index is 13.5. The van der Waals surface area contributed by atoms with Gasteiger partial charge < -0.3 is 10.6 Å². The number of hydrogen-bond donors (Lipinski definition) is 2. The molecule has 2 N–H and O–H groups in total. The third-order valence-electron chi connectivity index (χ3n) is 4.01. The Morgan fingerprint density at radius 1 is 1.15 bits per heavy atom. The summed E-state index contributed by atoms with van der Waals surface area (Å²) < 4.78 is 14.2. The molecule has 1 aromatic heterocycles. The van der Waals surface area contributed by atoms with Crippen LogP contribution in [-0.4, -0.2) is 21.9 Å². The van der Waals surface area contributed by atoms with E-state index in [0.29, 0.717) is 15.0 Å². The monoisotopic (exact) mass is 402 g/mol. The average molecular weight is 403 g/mol. The molecule has 0 bridgehead atoms. The van der Waals surface area contributed by atoms with Gasteiger partial charge in [0.25, 0.3) is 0 Å². The summed E-state index contributed by atoms with van der Waals surface area (Å²) >= 11 is 2.70. The van der Waals surface area contributed by atoms with Crippen molar-refractivity contribution in [2.75, 3.05) is 11.1 Å². The molecule has 5 nitrogen and oxygen atoms in total. The number of amides is 1. The van der Waals surface area contributed by atoms with Gasteiger partial charge in [0.05, 0.1) is 5.75 Å². The van der Waals surface area contributed by atoms with Crippen molar-refractivity contribution in [1.82, 2.24) is 15.5 Å². The van der Waals surface area contributed by atoms with Crippen LogP contribution >= 0.6 is 23.1 Å². The smallest absolute Gasteiger partial charge is 0.230 e. The second-order valence-corrected chi connectivity index (χ2v) is 8.10. The summed E-state index contributed by atoms with van der Waals surface area (Å²) in [5.74, 6) is -0.300. The van der Waals surface area contributed by atoms with Crippen LogP contribution in [0, 0.1) is 19.7 Å². The molecule has 8 heteroatoms. The minimum absolute atomic E-state index is 0.168. The molecule has 0 atom stereocenters. The van der Waals surface area contributed by atoms with E-state index in [9.17, 15) is 9.18 Å². The Balaban J connectivity index is 1.50. The third kappa shape index (κ3) is 5.27. The highest BCUT2D eigenvalue weighted by molar-refractivity contribution is 8.01. The second kappa shape index (κ2) is 8.96. The van der Waals surface area contributed by atoms with E-state index in [2.05, 4.69) is 33.8 Å². The fraction of sp³-hybridized carbons (Fsp3) is 0.211. The predicted molar refractivity (Wildman–Crippen MR) is 108 cm³/mol. The predicted octanol–water partition coefficient (Wildman–Crippen LogP) is 4.45. The van der Waals surface area contributed by atoms with Gasteiger partial charge in [-0.25, -0.2) is 4.39 Å². The minimum atomic E-state index is -0.322. The lowest BCUT2D eigenvalue weighted by molar-refractivity contribution is -0.118. The SMILES string of the molecule is Cc1cccc(Nc2nnc(SCC(=O)NCc3ccccc3F)s2)c1C. The summed E-state index contributed by atoms with van der Waals surface area (Å²) in [6.07, 6.45) is 0. The van der Waals surface area contributed by atoms with Gasteiger partial charge >= 0.3 is 0 Å². The largest absolute Gasteiger partial charge is 0.351 e. The van der Waals surface area contributed by atoms with Crippen molar-refractivity contribution in [2.45, 2.75) is 24.7 Å². The molecule has 0 spiro atoms. The lowest BCUT2D eigenvalue weighted by Gasteiger charge is -2.08. The minimum Gasteiger partial charge on any atom is -0.351 e. The highest BCUT2D eigenvalue weighted by Gasteiger charge is 2.10. The Labute approximate surface area is 165 Å². The first kappa shape index (κ1) is 19.3. The number of rotatable bonds is 7. The van der Waals surface area contributed by atoms with Crippen LogP contribution in [0.4, 0.5) is 15.2 Å². The zero-order valence-corrected chi connectivity index (χ0v) is 16.6. The summed E-state index contributed by atoms with van der Waals surface area (Å²) in [7, 11) is 0. The maximum absolute atomic E-state index is 13.5. The van der Waals surface area contributed by atoms with Gasteiger partial charge in [0.1, 0.15) is 5.82 Å². The van der Waals surface area contributed by atoms with Crippen LogP contribution in [0.3, 0.4) is 0 Å². The van der Waals surface area contributed by atoms with Gasteiger partial charge in [-0.2, -0.15) is 0 Å². The Kier molecular flexibility index (Phi) is 6.41. The van der Waals surface area contributed by atoms with Gasteiger partial charge in [-0.05, 0) is 37.1 Å². The summed E-state index contributed by atoms with van der Waals surface area (Å²) in [6, 6.07) is 12.4. The number of aromatic nitrogens is 2. The number of nitrogens with one attached hydrogen (secondary N) is 2. The summed E-state index contributed by atoms with van der Waals surface area (Å²) in [6.45, 7) is 4.28. The Morgan fingerprint density at radius 3 is 2.78 bits per heavy atom. The molecule has 0 fully saturated rings. The lowest BCUT2D eigenvalue weighted by Crippen LogP contribution is -2.24. The zero-order chi connectivity index (χ0) is 19.2. The normalized spacial score (nSPS) is 10.6. The highest BCUT2D eigenvalue weighted by Crippen LogP contribution is 2.29. The van der Waals surface area contributed by atoms with Gasteiger partial charge in [0.2, 0.25) is 11.0 Å². The van der Waals surface area contributed by atoms with E-state index in [1.165, 1.54) is 34.7 Å². The van der Waals surface area contributed by atoms with E-state index in [-0.39, 0.29) is 24.0 Å². The highest BCUT2D eigenvalue weighted by atomic mass is 32.2. The Hall–Kier alpha value is -2.45. The number of nitrogens with zero attached hydrogens (tertiary/aromatic N) is 2. The molecular formula is C19H19FN4OS2. The van der Waals surface area contributed by atoms with Crippen molar-refractivity contribution < 1.29 is 9.18 Å². The van der Waals surface area contributed by atoms with E-state index in [1.54, 1.807) is 18.2 Å². The second-order valence-electron chi connectivity index (χ2n) is 5.90. The van der Waals surface area contributed by atoms with Crippen molar-refractivity contribution in [2.24, 2.45) is 0 Å². The fourth-order valence-electron chi connectivity index (χ4n) is 2.33. The van der Waals surface area contributed by atoms with Gasteiger partial charge in [0, 0.05) is 17.8 Å². The van der Waals surface area contributed by atoms with Gasteiger partial charge in [0.15, 0.2) is 4.34 Å². The molecule has 3 aromatic rings. The molecule has 0 radical (unpaired) electrons. The van der Waals surface area contributed by atoms with Crippen LogP contribution in [0.2, 0.25) is 0 Å². The van der Waals surface area contributed by atoms with Gasteiger partial charge in [-0.15, -0.1) is 10.2 Å². The fourth-order valence-corrected chi connectivity index (χ4v) is 3.93. The quantitative estimate of drug-likeness (QED) is 0.572. The van der Waals surface area contributed by atoms with Gasteiger partial charge in [-0.1, -0.05) is 53.4 Å². The van der Waals surface area contributed by atoms with Crippen LogP contribution in [0.25, 0.3) is 0 Å². The van der Waals surface area contributed by atoms with E-state index in [1.807, 2.05) is 19.1 Å². The summed E-state index contributed by atoms with van der Waals surface area (Å²) in [5, 5.41) is 14.9. The molecule has 27 heavy (non-hydrogen) atoms. The molecule has 1 amide bonds. The van der Waals surface area contributed by atoms with Crippen molar-refractivity contribution in [1.29, 1.82) is 0 Å². The number of halogens is 1. The van der Waals surface area contributed by atoms with Crippen LogP contribution in [0.5, 0.6) is 0 Å². The molecule has 0 aliphatic rings. The van der Waals surface area contributed by atoms with E-state index >= 15 is 0 Å². The molecule has 0 unspecified atom stereocenters. The molecule has 0 aliphatic carbocycles. The summed E-state index contributed by atoms with van der Waals surface area (Å²) in [4.78, 5) is 12.0. The molecule has 1 heterocycles. The number of benzene rings is 2. The number of aryl methyl sites for hydroxylation is 1. The van der Waals surface area contributed by atoms with Crippen LogP contribution < -0.4 is 10.6 Å².